The third-order valence-corrected chi connectivity index (χ3v) is 4.27. The van der Waals surface area contributed by atoms with Crippen molar-refractivity contribution >= 4 is 45.9 Å². The third-order valence-electron chi connectivity index (χ3n) is 2.48. The molecule has 1 amide bonds. The van der Waals surface area contributed by atoms with Gasteiger partial charge < -0.3 is 5.32 Å². The van der Waals surface area contributed by atoms with Gasteiger partial charge in [-0.1, -0.05) is 47.5 Å². The van der Waals surface area contributed by atoms with E-state index in [1.54, 1.807) is 18.2 Å². The Bertz CT molecular complexity index is 616. The van der Waals surface area contributed by atoms with Gasteiger partial charge in [-0.05, 0) is 42.4 Å². The smallest absolute Gasteiger partial charge is 0.288 e. The molecule has 0 bridgehead atoms. The van der Waals surface area contributed by atoms with Crippen LogP contribution in [0.4, 0.5) is 10.5 Å². The monoisotopic (exact) mass is 311 g/mol. The van der Waals surface area contributed by atoms with Crippen molar-refractivity contribution in [1.82, 2.24) is 0 Å². The number of amides is 1. The number of thioether (sulfide) groups is 1. The maximum absolute atomic E-state index is 11.9. The van der Waals surface area contributed by atoms with Crippen LogP contribution in [0, 0.1) is 6.92 Å². The van der Waals surface area contributed by atoms with Crippen LogP contribution in [0.5, 0.6) is 0 Å². The zero-order valence-corrected chi connectivity index (χ0v) is 12.4. The van der Waals surface area contributed by atoms with Crippen LogP contribution in [0.25, 0.3) is 0 Å². The molecule has 0 saturated carbocycles. The molecule has 0 heterocycles. The van der Waals surface area contributed by atoms with E-state index in [4.69, 9.17) is 23.2 Å². The lowest BCUT2D eigenvalue weighted by molar-refractivity contribution is 0.270. The number of aryl methyl sites for hydroxylation is 1. The summed E-state index contributed by atoms with van der Waals surface area (Å²) in [6.45, 7) is 1.96. The van der Waals surface area contributed by atoms with Gasteiger partial charge >= 0.3 is 0 Å². The maximum atomic E-state index is 11.9. The number of carbonyl (C=O) groups excluding carboxylic acids is 1. The largest absolute Gasteiger partial charge is 0.315 e. The van der Waals surface area contributed by atoms with Gasteiger partial charge in [-0.3, -0.25) is 4.79 Å². The van der Waals surface area contributed by atoms with Crippen molar-refractivity contribution in [1.29, 1.82) is 0 Å². The highest BCUT2D eigenvalue weighted by Gasteiger charge is 2.10. The summed E-state index contributed by atoms with van der Waals surface area (Å²) >= 11 is 13.0. The van der Waals surface area contributed by atoms with Crippen molar-refractivity contribution in [3.63, 3.8) is 0 Å². The standard InChI is InChI=1S/C14H11Cl2NOS/c1-9-5-2-3-8-12(9)19-14(18)17-11-7-4-6-10(15)13(11)16/h2-8H,1H3,(H,17,18). The highest BCUT2D eigenvalue weighted by Crippen LogP contribution is 2.31. The van der Waals surface area contributed by atoms with Gasteiger partial charge in [0.2, 0.25) is 0 Å². The average molecular weight is 312 g/mol. The molecule has 98 valence electrons. The Morgan fingerprint density at radius 1 is 1.11 bits per heavy atom. The molecule has 0 radical (unpaired) electrons. The molecule has 0 fully saturated rings. The maximum Gasteiger partial charge on any atom is 0.288 e. The number of anilines is 1. The molecule has 0 aromatic heterocycles. The van der Waals surface area contributed by atoms with E-state index < -0.39 is 0 Å². The van der Waals surface area contributed by atoms with E-state index in [-0.39, 0.29) is 5.24 Å². The van der Waals surface area contributed by atoms with E-state index >= 15 is 0 Å². The van der Waals surface area contributed by atoms with Gasteiger partial charge in [0.1, 0.15) is 0 Å². The molecule has 0 unspecified atom stereocenters. The quantitative estimate of drug-likeness (QED) is 0.729. The topological polar surface area (TPSA) is 29.1 Å². The highest BCUT2D eigenvalue weighted by molar-refractivity contribution is 8.14. The first-order valence-corrected chi connectivity index (χ1v) is 7.13. The zero-order chi connectivity index (χ0) is 13.8. The van der Waals surface area contributed by atoms with Gasteiger partial charge in [-0.2, -0.15) is 0 Å². The Kier molecular flexibility index (Phi) is 4.75. The minimum Gasteiger partial charge on any atom is -0.315 e. The Labute approximate surface area is 126 Å². The van der Waals surface area contributed by atoms with E-state index in [2.05, 4.69) is 5.32 Å². The van der Waals surface area contributed by atoms with Crippen LogP contribution in [0.1, 0.15) is 5.56 Å². The Balaban J connectivity index is 2.10. The fourth-order valence-electron chi connectivity index (χ4n) is 1.51. The normalized spacial score (nSPS) is 10.3. The number of rotatable bonds is 2. The summed E-state index contributed by atoms with van der Waals surface area (Å²) in [5.74, 6) is 0. The Morgan fingerprint density at radius 3 is 2.58 bits per heavy atom. The lowest BCUT2D eigenvalue weighted by Crippen LogP contribution is -2.05. The van der Waals surface area contributed by atoms with Crippen molar-refractivity contribution in [3.8, 4) is 0 Å². The lowest BCUT2D eigenvalue weighted by atomic mass is 10.2. The number of halogens is 2. The summed E-state index contributed by atoms with van der Waals surface area (Å²) in [6.07, 6.45) is 0. The first-order chi connectivity index (χ1) is 9.08. The van der Waals surface area contributed by atoms with Crippen molar-refractivity contribution in [2.24, 2.45) is 0 Å². The van der Waals surface area contributed by atoms with Crippen LogP contribution in [0.15, 0.2) is 47.4 Å². The van der Waals surface area contributed by atoms with Crippen molar-refractivity contribution in [2.75, 3.05) is 5.32 Å². The summed E-state index contributed by atoms with van der Waals surface area (Å²) in [6, 6.07) is 12.8. The van der Waals surface area contributed by atoms with Crippen molar-refractivity contribution in [3.05, 3.63) is 58.1 Å². The van der Waals surface area contributed by atoms with Gasteiger partial charge in [0.05, 0.1) is 15.7 Å². The molecule has 1 N–H and O–H groups in total. The molecular formula is C14H11Cl2NOS. The van der Waals surface area contributed by atoms with Crippen LogP contribution in [0.3, 0.4) is 0 Å². The van der Waals surface area contributed by atoms with Gasteiger partial charge in [-0.25, -0.2) is 0 Å². The second-order valence-corrected chi connectivity index (χ2v) is 5.68. The van der Waals surface area contributed by atoms with E-state index in [9.17, 15) is 4.79 Å². The number of carbonyl (C=O) groups is 1. The number of hydrogen-bond acceptors (Lipinski definition) is 2. The molecule has 0 aliphatic carbocycles. The average Bonchev–Trinajstić information content (AvgIpc) is 2.38. The van der Waals surface area contributed by atoms with Crippen molar-refractivity contribution < 1.29 is 4.79 Å². The summed E-state index contributed by atoms with van der Waals surface area (Å²) in [5.41, 5.74) is 1.57. The summed E-state index contributed by atoms with van der Waals surface area (Å²) in [7, 11) is 0. The van der Waals surface area contributed by atoms with E-state index in [0.717, 1.165) is 22.2 Å². The van der Waals surface area contributed by atoms with Crippen LogP contribution < -0.4 is 5.32 Å². The Hall–Kier alpha value is -1.16. The Morgan fingerprint density at radius 2 is 1.84 bits per heavy atom. The fraction of sp³-hybridized carbons (Fsp3) is 0.0714. The summed E-state index contributed by atoms with van der Waals surface area (Å²) in [5, 5.41) is 3.31. The minimum atomic E-state index is -0.196. The van der Waals surface area contributed by atoms with Gasteiger partial charge in [-0.15, -0.1) is 0 Å². The molecule has 0 aliphatic heterocycles. The zero-order valence-electron chi connectivity index (χ0n) is 10.1. The van der Waals surface area contributed by atoms with Gasteiger partial charge in [0.25, 0.3) is 5.24 Å². The molecule has 5 heteroatoms. The molecule has 2 aromatic carbocycles. The van der Waals surface area contributed by atoms with Crippen LogP contribution in [-0.2, 0) is 0 Å². The number of benzene rings is 2. The fourth-order valence-corrected chi connectivity index (χ4v) is 2.59. The van der Waals surface area contributed by atoms with Crippen LogP contribution in [-0.4, -0.2) is 5.24 Å². The van der Waals surface area contributed by atoms with Crippen molar-refractivity contribution in [2.45, 2.75) is 11.8 Å². The predicted molar refractivity (Wildman–Crippen MR) is 82.5 cm³/mol. The predicted octanol–water partition coefficient (Wildman–Crippen LogP) is 5.63. The molecule has 2 rings (SSSR count). The van der Waals surface area contributed by atoms with E-state index in [1.165, 1.54) is 0 Å². The molecule has 0 aliphatic rings. The molecule has 0 saturated heterocycles. The molecular weight excluding hydrogens is 301 g/mol. The van der Waals surface area contributed by atoms with Gasteiger partial charge in [0.15, 0.2) is 0 Å². The second-order valence-electron chi connectivity index (χ2n) is 3.88. The van der Waals surface area contributed by atoms with E-state index in [0.29, 0.717) is 15.7 Å². The lowest BCUT2D eigenvalue weighted by Gasteiger charge is -2.08. The summed E-state index contributed by atoms with van der Waals surface area (Å²) < 4.78 is 0. The third kappa shape index (κ3) is 3.66. The van der Waals surface area contributed by atoms with E-state index in [1.807, 2.05) is 31.2 Å². The highest BCUT2D eigenvalue weighted by atomic mass is 35.5. The molecule has 0 atom stereocenters. The SMILES string of the molecule is Cc1ccccc1SC(=O)Nc1cccc(Cl)c1Cl. The number of hydrogen-bond donors (Lipinski definition) is 1. The number of nitrogens with one attached hydrogen (secondary N) is 1. The molecule has 2 nitrogen and oxygen atoms in total. The van der Waals surface area contributed by atoms with Crippen LogP contribution in [0.2, 0.25) is 10.0 Å². The first-order valence-electron chi connectivity index (χ1n) is 5.56. The molecule has 0 spiro atoms. The van der Waals surface area contributed by atoms with Gasteiger partial charge in [0, 0.05) is 4.90 Å². The summed E-state index contributed by atoms with van der Waals surface area (Å²) in [4.78, 5) is 12.9. The van der Waals surface area contributed by atoms with Crippen LogP contribution >= 0.6 is 35.0 Å². The molecule has 19 heavy (non-hydrogen) atoms. The first kappa shape index (κ1) is 14.3. The molecule has 2 aromatic rings. The minimum absolute atomic E-state index is 0.196. The second kappa shape index (κ2) is 6.33.